The lowest BCUT2D eigenvalue weighted by molar-refractivity contribution is 0.0813. The van der Waals surface area contributed by atoms with Crippen LogP contribution in [-0.4, -0.2) is 31.4 Å². The molecule has 0 bridgehead atoms. The van der Waals surface area contributed by atoms with Gasteiger partial charge in [-0.05, 0) is 12.1 Å². The fourth-order valence-electron chi connectivity index (χ4n) is 1.30. The van der Waals surface area contributed by atoms with E-state index < -0.39 is 0 Å². The second-order valence-corrected chi connectivity index (χ2v) is 3.16. The molecule has 1 N–H and O–H groups in total. The van der Waals surface area contributed by atoms with E-state index in [0.717, 1.165) is 5.69 Å². The molecule has 0 aliphatic carbocycles. The monoisotopic (exact) mass is 202 g/mol. The number of hydrogen-bond acceptors (Lipinski definition) is 2. The molecular formula is C12H14N2O. The van der Waals surface area contributed by atoms with Crippen molar-refractivity contribution < 1.29 is 4.79 Å². The summed E-state index contributed by atoms with van der Waals surface area (Å²) in [5.41, 5.74) is 1.45. The quantitative estimate of drug-likeness (QED) is 0.752. The van der Waals surface area contributed by atoms with Crippen molar-refractivity contribution in [3.05, 3.63) is 29.8 Å². The van der Waals surface area contributed by atoms with E-state index >= 15 is 0 Å². The Kier molecular flexibility index (Phi) is 3.75. The molecule has 3 heteroatoms. The highest BCUT2D eigenvalue weighted by Gasteiger charge is 2.13. The topological polar surface area (TPSA) is 32.3 Å². The van der Waals surface area contributed by atoms with Crippen LogP contribution in [0.2, 0.25) is 0 Å². The molecule has 1 amide bonds. The third-order valence-electron chi connectivity index (χ3n) is 2.10. The van der Waals surface area contributed by atoms with Crippen molar-refractivity contribution in [2.45, 2.75) is 0 Å². The van der Waals surface area contributed by atoms with E-state index in [1.165, 1.54) is 4.90 Å². The Balaban J connectivity index is 2.96. The molecule has 1 aromatic rings. The van der Waals surface area contributed by atoms with Crippen LogP contribution in [0.15, 0.2) is 24.3 Å². The lowest BCUT2D eigenvalue weighted by Gasteiger charge is -2.16. The molecule has 0 atom stereocenters. The lowest BCUT2D eigenvalue weighted by atomic mass is 10.1. The number of terminal acetylenes is 1. The minimum absolute atomic E-state index is 0.0714. The first-order valence-corrected chi connectivity index (χ1v) is 4.66. The standard InChI is InChI=1S/C12H14N2O/c1-4-9-14(3)12(15)10-7-5-6-8-11(10)13-2/h1,5-8,13H,9H2,2-3H3. The van der Waals surface area contributed by atoms with Gasteiger partial charge in [0.15, 0.2) is 0 Å². The number of benzene rings is 1. The Morgan fingerprint density at radius 3 is 2.80 bits per heavy atom. The fraction of sp³-hybridized carbons (Fsp3) is 0.250. The van der Waals surface area contributed by atoms with E-state index in [-0.39, 0.29) is 5.91 Å². The van der Waals surface area contributed by atoms with Crippen LogP contribution in [0.25, 0.3) is 0 Å². The van der Waals surface area contributed by atoms with E-state index in [1.54, 1.807) is 20.2 Å². The van der Waals surface area contributed by atoms with Gasteiger partial charge in [-0.3, -0.25) is 4.79 Å². The summed E-state index contributed by atoms with van der Waals surface area (Å²) in [5.74, 6) is 2.37. The highest BCUT2D eigenvalue weighted by Crippen LogP contribution is 2.15. The zero-order chi connectivity index (χ0) is 11.3. The van der Waals surface area contributed by atoms with Gasteiger partial charge in [-0.1, -0.05) is 18.1 Å². The van der Waals surface area contributed by atoms with Crippen LogP contribution in [0.1, 0.15) is 10.4 Å². The molecule has 1 aromatic carbocycles. The Hall–Kier alpha value is -1.95. The molecule has 0 aromatic heterocycles. The summed E-state index contributed by atoms with van der Waals surface area (Å²) in [4.78, 5) is 13.4. The second-order valence-electron chi connectivity index (χ2n) is 3.16. The van der Waals surface area contributed by atoms with Gasteiger partial charge in [-0.25, -0.2) is 0 Å². The predicted molar refractivity (Wildman–Crippen MR) is 61.8 cm³/mol. The van der Waals surface area contributed by atoms with Crippen molar-refractivity contribution in [3.63, 3.8) is 0 Å². The highest BCUT2D eigenvalue weighted by molar-refractivity contribution is 5.99. The van der Waals surface area contributed by atoms with Gasteiger partial charge in [-0.2, -0.15) is 0 Å². The third-order valence-corrected chi connectivity index (χ3v) is 2.10. The van der Waals surface area contributed by atoms with Crippen LogP contribution in [0.4, 0.5) is 5.69 Å². The molecule has 0 unspecified atom stereocenters. The first-order valence-electron chi connectivity index (χ1n) is 4.66. The van der Waals surface area contributed by atoms with E-state index in [2.05, 4.69) is 11.2 Å². The normalized spacial score (nSPS) is 9.13. The van der Waals surface area contributed by atoms with Crippen LogP contribution in [-0.2, 0) is 0 Å². The van der Waals surface area contributed by atoms with Gasteiger partial charge >= 0.3 is 0 Å². The minimum atomic E-state index is -0.0714. The van der Waals surface area contributed by atoms with E-state index in [1.807, 2.05) is 18.2 Å². The van der Waals surface area contributed by atoms with Gasteiger partial charge in [0.2, 0.25) is 0 Å². The van der Waals surface area contributed by atoms with Crippen molar-refractivity contribution in [2.75, 3.05) is 26.0 Å². The van der Waals surface area contributed by atoms with Crippen LogP contribution in [0.5, 0.6) is 0 Å². The average molecular weight is 202 g/mol. The molecule has 0 heterocycles. The minimum Gasteiger partial charge on any atom is -0.387 e. The van der Waals surface area contributed by atoms with Crippen molar-refractivity contribution >= 4 is 11.6 Å². The number of rotatable bonds is 3. The van der Waals surface area contributed by atoms with E-state index in [4.69, 9.17) is 6.42 Å². The lowest BCUT2D eigenvalue weighted by Crippen LogP contribution is -2.27. The zero-order valence-corrected chi connectivity index (χ0v) is 8.95. The number of para-hydroxylation sites is 1. The number of amides is 1. The molecule has 0 spiro atoms. The zero-order valence-electron chi connectivity index (χ0n) is 8.95. The Morgan fingerprint density at radius 2 is 2.20 bits per heavy atom. The van der Waals surface area contributed by atoms with Gasteiger partial charge in [0.05, 0.1) is 12.1 Å². The summed E-state index contributed by atoms with van der Waals surface area (Å²) < 4.78 is 0. The van der Waals surface area contributed by atoms with Crippen molar-refractivity contribution in [3.8, 4) is 12.3 Å². The largest absolute Gasteiger partial charge is 0.387 e. The van der Waals surface area contributed by atoms with Gasteiger partial charge in [0, 0.05) is 19.8 Å². The molecule has 1 rings (SSSR count). The summed E-state index contributed by atoms with van der Waals surface area (Å²) in [6, 6.07) is 7.35. The molecule has 0 aliphatic rings. The summed E-state index contributed by atoms with van der Waals surface area (Å²) in [6.07, 6.45) is 5.16. The van der Waals surface area contributed by atoms with Crippen molar-refractivity contribution in [2.24, 2.45) is 0 Å². The summed E-state index contributed by atoms with van der Waals surface area (Å²) in [5, 5.41) is 2.97. The number of nitrogens with zero attached hydrogens (tertiary/aromatic N) is 1. The SMILES string of the molecule is C#CCN(C)C(=O)c1ccccc1NC. The molecule has 3 nitrogen and oxygen atoms in total. The van der Waals surface area contributed by atoms with Gasteiger partial charge in [0.25, 0.3) is 5.91 Å². The second kappa shape index (κ2) is 5.06. The number of nitrogens with one attached hydrogen (secondary N) is 1. The average Bonchev–Trinajstić information content (AvgIpc) is 2.28. The van der Waals surface area contributed by atoms with Gasteiger partial charge < -0.3 is 10.2 Å². The van der Waals surface area contributed by atoms with E-state index in [9.17, 15) is 4.79 Å². The molecule has 0 aliphatic heterocycles. The maximum atomic E-state index is 11.9. The first kappa shape index (κ1) is 11.1. The third kappa shape index (κ3) is 2.50. The Labute approximate surface area is 90.1 Å². The van der Waals surface area contributed by atoms with Crippen LogP contribution in [0.3, 0.4) is 0 Å². The summed E-state index contributed by atoms with van der Waals surface area (Å²) in [6.45, 7) is 0.316. The molecule has 15 heavy (non-hydrogen) atoms. The number of carbonyl (C=O) groups is 1. The van der Waals surface area contributed by atoms with E-state index in [0.29, 0.717) is 12.1 Å². The Morgan fingerprint density at radius 1 is 1.53 bits per heavy atom. The summed E-state index contributed by atoms with van der Waals surface area (Å²) in [7, 11) is 3.47. The molecule has 0 saturated heterocycles. The van der Waals surface area contributed by atoms with Gasteiger partial charge in [0.1, 0.15) is 0 Å². The Bertz CT molecular complexity index is 393. The van der Waals surface area contributed by atoms with Crippen molar-refractivity contribution in [1.82, 2.24) is 4.90 Å². The molecule has 78 valence electrons. The fourth-order valence-corrected chi connectivity index (χ4v) is 1.30. The maximum absolute atomic E-state index is 11.9. The maximum Gasteiger partial charge on any atom is 0.256 e. The number of hydrogen-bond donors (Lipinski definition) is 1. The number of carbonyl (C=O) groups excluding carboxylic acids is 1. The molecule has 0 fully saturated rings. The smallest absolute Gasteiger partial charge is 0.256 e. The van der Waals surface area contributed by atoms with Crippen LogP contribution < -0.4 is 5.32 Å². The van der Waals surface area contributed by atoms with Crippen molar-refractivity contribution in [1.29, 1.82) is 0 Å². The molecular weight excluding hydrogens is 188 g/mol. The number of anilines is 1. The predicted octanol–water partition coefficient (Wildman–Crippen LogP) is 1.43. The molecule has 0 saturated carbocycles. The highest BCUT2D eigenvalue weighted by atomic mass is 16.2. The first-order chi connectivity index (χ1) is 7.20. The molecule has 0 radical (unpaired) electrons. The van der Waals surface area contributed by atoms with Gasteiger partial charge in [-0.15, -0.1) is 6.42 Å². The van der Waals surface area contributed by atoms with Crippen LogP contribution >= 0.6 is 0 Å². The summed E-state index contributed by atoms with van der Waals surface area (Å²) >= 11 is 0. The van der Waals surface area contributed by atoms with Crippen LogP contribution in [0, 0.1) is 12.3 Å².